The van der Waals surface area contributed by atoms with Crippen LogP contribution in [0.15, 0.2) is 71.2 Å². The number of carbonyl (C=O) groups excluding carboxylic acids is 1. The number of anilines is 1. The summed E-state index contributed by atoms with van der Waals surface area (Å²) in [6, 6.07) is 14.2. The van der Waals surface area contributed by atoms with Gasteiger partial charge in [0.05, 0.1) is 11.4 Å². The van der Waals surface area contributed by atoms with Crippen LogP contribution in [0.3, 0.4) is 0 Å². The van der Waals surface area contributed by atoms with Crippen LogP contribution in [-0.2, 0) is 17.9 Å². The Balaban J connectivity index is 1.62. The summed E-state index contributed by atoms with van der Waals surface area (Å²) in [4.78, 5) is 12.7. The average molecular weight is 477 g/mol. The van der Waals surface area contributed by atoms with Crippen LogP contribution in [0, 0.1) is 6.92 Å². The third-order valence-corrected chi connectivity index (χ3v) is 5.93. The van der Waals surface area contributed by atoms with Gasteiger partial charge in [0.15, 0.2) is 11.0 Å². The van der Waals surface area contributed by atoms with Crippen LogP contribution in [0.25, 0.3) is 0 Å². The first kappa shape index (κ1) is 23.8. The lowest BCUT2D eigenvalue weighted by atomic mass is 10.2. The number of benzene rings is 2. The summed E-state index contributed by atoms with van der Waals surface area (Å²) < 4.78 is 33.1. The zero-order valence-corrected chi connectivity index (χ0v) is 19.0. The molecule has 2 aromatic carbocycles. The molecule has 168 valence electrons. The Kier molecular flexibility index (Phi) is 8.69. The number of halogens is 2. The molecule has 32 heavy (non-hydrogen) atoms. The number of nitrogens with zero attached hydrogens (tertiary/aromatic N) is 3. The first-order chi connectivity index (χ1) is 15.5. The Morgan fingerprint density at radius 3 is 2.81 bits per heavy atom. The molecule has 0 aliphatic rings. The Hall–Kier alpha value is -2.85. The molecule has 0 radical (unpaired) electrons. The molecule has 1 heterocycles. The van der Waals surface area contributed by atoms with Crippen molar-refractivity contribution in [1.29, 1.82) is 0 Å². The van der Waals surface area contributed by atoms with E-state index in [2.05, 4.69) is 22.1 Å². The van der Waals surface area contributed by atoms with Crippen LogP contribution in [0.4, 0.5) is 14.5 Å². The Bertz CT molecular complexity index is 1080. The molecule has 1 amide bonds. The van der Waals surface area contributed by atoms with Gasteiger partial charge in [-0.2, -0.15) is 8.78 Å². The molecule has 0 fully saturated rings. The first-order valence-corrected chi connectivity index (χ1v) is 11.5. The molecular weight excluding hydrogens is 454 g/mol. The third-order valence-electron chi connectivity index (χ3n) is 4.17. The fraction of sp³-hybridized carbons (Fsp3) is 0.227. The number of allylic oxidation sites excluding steroid dienone is 1. The fourth-order valence-electron chi connectivity index (χ4n) is 2.78. The van der Waals surface area contributed by atoms with Crippen molar-refractivity contribution in [2.24, 2.45) is 0 Å². The van der Waals surface area contributed by atoms with Gasteiger partial charge in [0.1, 0.15) is 12.4 Å². The highest BCUT2D eigenvalue weighted by molar-refractivity contribution is 8.00. The Morgan fingerprint density at radius 2 is 2.06 bits per heavy atom. The van der Waals surface area contributed by atoms with E-state index in [0.717, 1.165) is 11.3 Å². The molecule has 0 saturated heterocycles. The molecule has 1 aromatic heterocycles. The molecule has 0 aliphatic carbocycles. The monoisotopic (exact) mass is 476 g/mol. The molecule has 0 spiro atoms. The van der Waals surface area contributed by atoms with Gasteiger partial charge in [-0.15, -0.1) is 16.8 Å². The van der Waals surface area contributed by atoms with Crippen LogP contribution < -0.4 is 10.1 Å². The lowest BCUT2D eigenvalue weighted by Crippen LogP contribution is -2.15. The van der Waals surface area contributed by atoms with Crippen molar-refractivity contribution in [1.82, 2.24) is 14.8 Å². The predicted octanol–water partition coefficient (Wildman–Crippen LogP) is 5.40. The smallest absolute Gasteiger partial charge is 0.288 e. The van der Waals surface area contributed by atoms with Gasteiger partial charge in [0, 0.05) is 11.4 Å². The summed E-state index contributed by atoms with van der Waals surface area (Å²) in [5.74, 6) is -1.52. The number of amides is 1. The van der Waals surface area contributed by atoms with Gasteiger partial charge in [-0.05, 0) is 36.8 Å². The van der Waals surface area contributed by atoms with Crippen LogP contribution in [0.2, 0.25) is 0 Å². The number of aryl methyl sites for hydroxylation is 1. The van der Waals surface area contributed by atoms with Gasteiger partial charge in [0.2, 0.25) is 5.91 Å². The van der Waals surface area contributed by atoms with E-state index in [9.17, 15) is 13.6 Å². The van der Waals surface area contributed by atoms with E-state index in [1.54, 1.807) is 30.3 Å². The van der Waals surface area contributed by atoms with Crippen molar-refractivity contribution in [2.45, 2.75) is 35.9 Å². The van der Waals surface area contributed by atoms with Gasteiger partial charge in [0.25, 0.3) is 5.76 Å². The SMILES string of the molecule is C=CCn1c(COc2cccc(C)c2)nnc1SCC(=O)Nc1ccccc1SC(F)F. The molecule has 0 saturated carbocycles. The number of thioether (sulfide) groups is 2. The van der Waals surface area contributed by atoms with Gasteiger partial charge >= 0.3 is 0 Å². The lowest BCUT2D eigenvalue weighted by molar-refractivity contribution is -0.113. The molecule has 0 aliphatic heterocycles. The molecule has 3 aromatic rings. The van der Waals surface area contributed by atoms with Crippen molar-refractivity contribution in [2.75, 3.05) is 11.1 Å². The second-order valence-corrected chi connectivity index (χ2v) is 8.59. The van der Waals surface area contributed by atoms with Crippen LogP contribution in [-0.4, -0.2) is 32.2 Å². The zero-order valence-electron chi connectivity index (χ0n) is 17.3. The summed E-state index contributed by atoms with van der Waals surface area (Å²) in [6.45, 7) is 6.42. The Morgan fingerprint density at radius 1 is 1.25 bits per heavy atom. The quantitative estimate of drug-likeness (QED) is 0.295. The van der Waals surface area contributed by atoms with Crippen molar-refractivity contribution in [3.05, 3.63) is 72.6 Å². The van der Waals surface area contributed by atoms with E-state index in [1.165, 1.54) is 11.8 Å². The molecule has 1 N–H and O–H groups in total. The van der Waals surface area contributed by atoms with E-state index in [-0.39, 0.29) is 18.3 Å². The number of hydrogen-bond acceptors (Lipinski definition) is 6. The maximum Gasteiger partial charge on any atom is 0.288 e. The number of nitrogens with one attached hydrogen (secondary N) is 1. The largest absolute Gasteiger partial charge is 0.486 e. The minimum Gasteiger partial charge on any atom is -0.486 e. The minimum absolute atomic E-state index is 0.0433. The standard InChI is InChI=1S/C22H22F2N4O2S2/c1-3-11-28-19(13-30-16-8-6-7-15(2)12-16)26-27-22(28)31-14-20(29)25-17-9-4-5-10-18(17)32-21(23)24/h3-10,12,21H,1,11,13-14H2,2H3,(H,25,29). The normalized spacial score (nSPS) is 10.9. The highest BCUT2D eigenvalue weighted by Gasteiger charge is 2.16. The van der Waals surface area contributed by atoms with Crippen molar-refractivity contribution in [3.8, 4) is 5.75 Å². The van der Waals surface area contributed by atoms with Gasteiger partial charge in [-0.3, -0.25) is 9.36 Å². The minimum atomic E-state index is -2.57. The van der Waals surface area contributed by atoms with E-state index in [1.807, 2.05) is 35.8 Å². The number of aromatic nitrogens is 3. The molecular formula is C22H22F2N4O2S2. The molecule has 0 unspecified atom stereocenters. The van der Waals surface area contributed by atoms with Gasteiger partial charge < -0.3 is 10.1 Å². The maximum atomic E-state index is 12.7. The predicted molar refractivity (Wildman–Crippen MR) is 123 cm³/mol. The van der Waals surface area contributed by atoms with Crippen molar-refractivity contribution >= 4 is 35.1 Å². The summed E-state index contributed by atoms with van der Waals surface area (Å²) >= 11 is 1.59. The number of para-hydroxylation sites is 1. The Labute approximate surface area is 193 Å². The average Bonchev–Trinajstić information content (AvgIpc) is 3.14. The lowest BCUT2D eigenvalue weighted by Gasteiger charge is -2.11. The molecule has 3 rings (SSSR count). The highest BCUT2D eigenvalue weighted by atomic mass is 32.2. The summed E-state index contributed by atoms with van der Waals surface area (Å²) in [5, 5.41) is 11.6. The molecule has 0 atom stereocenters. The molecule has 0 bridgehead atoms. The van der Waals surface area contributed by atoms with Crippen LogP contribution >= 0.6 is 23.5 Å². The zero-order chi connectivity index (χ0) is 22.9. The van der Waals surface area contributed by atoms with Gasteiger partial charge in [-0.1, -0.05) is 53.9 Å². The van der Waals surface area contributed by atoms with E-state index in [4.69, 9.17) is 4.74 Å². The van der Waals surface area contributed by atoms with E-state index >= 15 is 0 Å². The maximum absolute atomic E-state index is 12.7. The number of ether oxygens (including phenoxy) is 1. The van der Waals surface area contributed by atoms with Crippen LogP contribution in [0.1, 0.15) is 11.4 Å². The van der Waals surface area contributed by atoms with Crippen molar-refractivity contribution in [3.63, 3.8) is 0 Å². The van der Waals surface area contributed by atoms with E-state index < -0.39 is 5.76 Å². The summed E-state index contributed by atoms with van der Waals surface area (Å²) in [6.07, 6.45) is 1.71. The topological polar surface area (TPSA) is 69.0 Å². The molecule has 6 nitrogen and oxygen atoms in total. The second-order valence-electron chi connectivity index (χ2n) is 6.61. The molecule has 10 heteroatoms. The first-order valence-electron chi connectivity index (χ1n) is 9.65. The van der Waals surface area contributed by atoms with E-state index in [0.29, 0.717) is 39.9 Å². The number of carbonyl (C=O) groups is 1. The number of rotatable bonds is 11. The number of alkyl halides is 2. The number of hydrogen-bond donors (Lipinski definition) is 1. The summed E-state index contributed by atoms with van der Waals surface area (Å²) in [7, 11) is 0. The third kappa shape index (κ3) is 6.83. The highest BCUT2D eigenvalue weighted by Crippen LogP contribution is 2.31. The fourth-order valence-corrected chi connectivity index (χ4v) is 4.14. The second kappa shape index (κ2) is 11.7. The summed E-state index contributed by atoms with van der Waals surface area (Å²) in [5.41, 5.74) is 1.44. The van der Waals surface area contributed by atoms with Crippen molar-refractivity contribution < 1.29 is 18.3 Å². The van der Waals surface area contributed by atoms with Gasteiger partial charge in [-0.25, -0.2) is 0 Å². The van der Waals surface area contributed by atoms with Crippen LogP contribution in [0.5, 0.6) is 5.75 Å².